The molecule has 1 atom stereocenters. The van der Waals surface area contributed by atoms with E-state index in [1.54, 1.807) is 35.7 Å². The summed E-state index contributed by atoms with van der Waals surface area (Å²) < 4.78 is 27.5. The number of anilines is 1. The Kier molecular flexibility index (Phi) is 6.49. The average molecular weight is 415 g/mol. The van der Waals surface area contributed by atoms with Crippen LogP contribution >= 0.6 is 11.3 Å². The number of thiophene rings is 1. The summed E-state index contributed by atoms with van der Waals surface area (Å²) in [5.74, 6) is -0.00258. The second kappa shape index (κ2) is 9.03. The molecule has 146 valence electrons. The lowest BCUT2D eigenvalue weighted by molar-refractivity contribution is 0.0951. The summed E-state index contributed by atoms with van der Waals surface area (Å²) in [5.41, 5.74) is 1.95. The lowest BCUT2D eigenvalue weighted by atomic mass is 9.96. The number of rotatable bonds is 8. The SMILES string of the molecule is CCC(CNC(=O)c1cccc(NS(=O)(=O)c2cccs2)c1)c1ccccc1. The van der Waals surface area contributed by atoms with Gasteiger partial charge in [-0.05, 0) is 41.6 Å². The summed E-state index contributed by atoms with van der Waals surface area (Å²) in [7, 11) is -3.64. The maximum Gasteiger partial charge on any atom is 0.271 e. The number of benzene rings is 2. The van der Waals surface area contributed by atoms with Crippen LogP contribution in [0.5, 0.6) is 0 Å². The van der Waals surface area contributed by atoms with Crippen molar-refractivity contribution in [3.8, 4) is 0 Å². The van der Waals surface area contributed by atoms with Gasteiger partial charge in [0.2, 0.25) is 0 Å². The first kappa shape index (κ1) is 20.1. The molecule has 0 aliphatic carbocycles. The van der Waals surface area contributed by atoms with E-state index in [0.29, 0.717) is 17.8 Å². The zero-order chi connectivity index (χ0) is 20.0. The highest BCUT2D eigenvalue weighted by molar-refractivity contribution is 7.94. The largest absolute Gasteiger partial charge is 0.351 e. The zero-order valence-electron chi connectivity index (χ0n) is 15.5. The quantitative estimate of drug-likeness (QED) is 0.571. The van der Waals surface area contributed by atoms with E-state index < -0.39 is 10.0 Å². The van der Waals surface area contributed by atoms with Crippen LogP contribution in [0.4, 0.5) is 5.69 Å². The van der Waals surface area contributed by atoms with E-state index in [2.05, 4.69) is 29.1 Å². The molecule has 0 saturated carbocycles. The molecule has 3 rings (SSSR count). The van der Waals surface area contributed by atoms with Crippen molar-refractivity contribution in [2.45, 2.75) is 23.5 Å². The third-order valence-electron chi connectivity index (χ3n) is 4.41. The van der Waals surface area contributed by atoms with Crippen LogP contribution in [0.15, 0.2) is 76.3 Å². The number of nitrogens with one attached hydrogen (secondary N) is 2. The van der Waals surface area contributed by atoms with Crippen molar-refractivity contribution in [2.75, 3.05) is 11.3 Å². The molecule has 2 aromatic carbocycles. The third kappa shape index (κ3) is 4.99. The fourth-order valence-corrected chi connectivity index (χ4v) is 4.93. The molecule has 1 heterocycles. The molecule has 28 heavy (non-hydrogen) atoms. The van der Waals surface area contributed by atoms with E-state index >= 15 is 0 Å². The average Bonchev–Trinajstić information content (AvgIpc) is 3.25. The number of carbonyl (C=O) groups excluding carboxylic acids is 1. The molecule has 7 heteroatoms. The Morgan fingerprint density at radius 3 is 2.50 bits per heavy atom. The van der Waals surface area contributed by atoms with E-state index in [4.69, 9.17) is 0 Å². The Labute approximate surface area is 169 Å². The summed E-state index contributed by atoms with van der Waals surface area (Å²) >= 11 is 1.14. The molecule has 0 radical (unpaired) electrons. The first-order valence-electron chi connectivity index (χ1n) is 8.99. The van der Waals surface area contributed by atoms with Crippen LogP contribution in [0.3, 0.4) is 0 Å². The van der Waals surface area contributed by atoms with Crippen LogP contribution in [0.1, 0.15) is 35.2 Å². The fraction of sp³-hybridized carbons (Fsp3) is 0.190. The predicted molar refractivity (Wildman–Crippen MR) is 113 cm³/mol. The smallest absolute Gasteiger partial charge is 0.271 e. The monoisotopic (exact) mass is 414 g/mol. The molecule has 0 bridgehead atoms. The molecule has 2 N–H and O–H groups in total. The predicted octanol–water partition coefficient (Wildman–Crippen LogP) is 4.47. The van der Waals surface area contributed by atoms with E-state index in [1.807, 2.05) is 18.2 Å². The van der Waals surface area contributed by atoms with Crippen molar-refractivity contribution in [3.63, 3.8) is 0 Å². The van der Waals surface area contributed by atoms with Gasteiger partial charge in [0.15, 0.2) is 0 Å². The second-order valence-corrected chi connectivity index (χ2v) is 9.20. The Hall–Kier alpha value is -2.64. The maximum absolute atomic E-state index is 12.6. The van der Waals surface area contributed by atoms with Gasteiger partial charge in [-0.25, -0.2) is 8.42 Å². The molecular weight excluding hydrogens is 392 g/mol. The second-order valence-electron chi connectivity index (χ2n) is 6.34. The molecular formula is C21H22N2O3S2. The minimum absolute atomic E-state index is 0.227. The van der Waals surface area contributed by atoms with Crippen molar-refractivity contribution in [1.82, 2.24) is 5.32 Å². The fourth-order valence-electron chi connectivity index (χ4n) is 2.89. The topological polar surface area (TPSA) is 75.3 Å². The Bertz CT molecular complexity index is 1020. The Morgan fingerprint density at radius 1 is 1.04 bits per heavy atom. The van der Waals surface area contributed by atoms with Gasteiger partial charge in [-0.3, -0.25) is 9.52 Å². The van der Waals surface area contributed by atoms with Gasteiger partial charge in [0.05, 0.1) is 0 Å². The van der Waals surface area contributed by atoms with Crippen molar-refractivity contribution in [2.24, 2.45) is 0 Å². The molecule has 1 unspecified atom stereocenters. The number of hydrogen-bond acceptors (Lipinski definition) is 4. The van der Waals surface area contributed by atoms with E-state index in [1.165, 1.54) is 11.6 Å². The van der Waals surface area contributed by atoms with Crippen molar-refractivity contribution in [3.05, 3.63) is 83.2 Å². The van der Waals surface area contributed by atoms with E-state index in [9.17, 15) is 13.2 Å². The summed E-state index contributed by atoms with van der Waals surface area (Å²) in [6, 6.07) is 19.8. The van der Waals surface area contributed by atoms with E-state index in [0.717, 1.165) is 17.8 Å². The van der Waals surface area contributed by atoms with Crippen LogP contribution in [-0.2, 0) is 10.0 Å². The summed E-state index contributed by atoms with van der Waals surface area (Å²) in [4.78, 5) is 12.6. The van der Waals surface area contributed by atoms with Gasteiger partial charge in [-0.1, -0.05) is 49.4 Å². The normalized spacial score (nSPS) is 12.3. The van der Waals surface area contributed by atoms with Gasteiger partial charge in [-0.2, -0.15) is 0 Å². The van der Waals surface area contributed by atoms with Gasteiger partial charge in [0.1, 0.15) is 4.21 Å². The Balaban J connectivity index is 1.67. The molecule has 0 saturated heterocycles. The Morgan fingerprint density at radius 2 is 1.82 bits per heavy atom. The minimum atomic E-state index is -3.64. The minimum Gasteiger partial charge on any atom is -0.351 e. The van der Waals surface area contributed by atoms with E-state index in [-0.39, 0.29) is 16.0 Å². The van der Waals surface area contributed by atoms with Crippen LogP contribution in [-0.4, -0.2) is 20.9 Å². The van der Waals surface area contributed by atoms with Gasteiger partial charge in [0, 0.05) is 23.7 Å². The first-order chi connectivity index (χ1) is 13.5. The number of carbonyl (C=O) groups is 1. The van der Waals surface area contributed by atoms with Crippen LogP contribution in [0, 0.1) is 0 Å². The van der Waals surface area contributed by atoms with Gasteiger partial charge in [-0.15, -0.1) is 11.3 Å². The van der Waals surface area contributed by atoms with Crippen LogP contribution < -0.4 is 10.0 Å². The zero-order valence-corrected chi connectivity index (χ0v) is 17.1. The number of hydrogen-bond donors (Lipinski definition) is 2. The van der Waals surface area contributed by atoms with Gasteiger partial charge < -0.3 is 5.32 Å². The lowest BCUT2D eigenvalue weighted by Gasteiger charge is -2.16. The maximum atomic E-state index is 12.6. The molecule has 0 fully saturated rings. The van der Waals surface area contributed by atoms with Crippen molar-refractivity contribution in [1.29, 1.82) is 0 Å². The molecule has 3 aromatic rings. The third-order valence-corrected chi connectivity index (χ3v) is 7.19. The van der Waals surface area contributed by atoms with Gasteiger partial charge >= 0.3 is 0 Å². The molecule has 0 spiro atoms. The molecule has 1 aromatic heterocycles. The van der Waals surface area contributed by atoms with Crippen LogP contribution in [0.25, 0.3) is 0 Å². The first-order valence-corrected chi connectivity index (χ1v) is 11.4. The highest BCUT2D eigenvalue weighted by atomic mass is 32.2. The summed E-state index contributed by atoms with van der Waals surface area (Å²) in [5, 5.41) is 4.66. The van der Waals surface area contributed by atoms with Crippen molar-refractivity contribution < 1.29 is 13.2 Å². The summed E-state index contributed by atoms with van der Waals surface area (Å²) in [6.45, 7) is 2.61. The van der Waals surface area contributed by atoms with Gasteiger partial charge in [0.25, 0.3) is 15.9 Å². The molecule has 1 amide bonds. The number of sulfonamides is 1. The molecule has 0 aliphatic rings. The summed E-state index contributed by atoms with van der Waals surface area (Å²) in [6.07, 6.45) is 0.908. The highest BCUT2D eigenvalue weighted by Gasteiger charge is 2.16. The number of amides is 1. The van der Waals surface area contributed by atoms with Crippen LogP contribution in [0.2, 0.25) is 0 Å². The lowest BCUT2D eigenvalue weighted by Crippen LogP contribution is -2.28. The molecule has 0 aliphatic heterocycles. The van der Waals surface area contributed by atoms with Crippen molar-refractivity contribution >= 4 is 33.0 Å². The molecule has 5 nitrogen and oxygen atoms in total. The highest BCUT2D eigenvalue weighted by Crippen LogP contribution is 2.21. The standard InChI is InChI=1S/C21H22N2O3S2/c1-2-16(17-8-4-3-5-9-17)15-22-21(24)18-10-6-11-19(14-18)23-28(25,26)20-12-7-13-27-20/h3-14,16,23H,2,15H2,1H3,(H,22,24).